The lowest BCUT2D eigenvalue weighted by Crippen LogP contribution is -2.38. The summed E-state index contributed by atoms with van der Waals surface area (Å²) in [4.78, 5) is 6.48. The first-order valence-electron chi connectivity index (χ1n) is 7.44. The molecule has 1 fully saturated rings. The van der Waals surface area contributed by atoms with Crippen molar-refractivity contribution in [1.29, 1.82) is 0 Å². The molecule has 0 atom stereocenters. The summed E-state index contributed by atoms with van der Waals surface area (Å²) in [5, 5.41) is 14.4. The number of aliphatic hydroxyl groups is 1. The number of hydrogen-bond acceptors (Lipinski definition) is 5. The molecule has 1 aromatic heterocycles. The third-order valence-electron chi connectivity index (χ3n) is 4.00. The average Bonchev–Trinajstić information content (AvgIpc) is 3.09. The van der Waals surface area contributed by atoms with E-state index in [1.807, 2.05) is 37.4 Å². The molecule has 5 heteroatoms. The zero-order chi connectivity index (χ0) is 14.7. The van der Waals surface area contributed by atoms with Crippen LogP contribution in [0.5, 0.6) is 0 Å². The van der Waals surface area contributed by atoms with Crippen LogP contribution in [0.4, 0.5) is 0 Å². The van der Waals surface area contributed by atoms with Gasteiger partial charge in [0.1, 0.15) is 0 Å². The monoisotopic (exact) mass is 287 g/mol. The maximum absolute atomic E-state index is 10.4. The van der Waals surface area contributed by atoms with Crippen LogP contribution in [0.15, 0.2) is 34.9 Å². The highest BCUT2D eigenvalue weighted by Gasteiger charge is 2.32. The van der Waals surface area contributed by atoms with Gasteiger partial charge in [0, 0.05) is 12.1 Å². The van der Waals surface area contributed by atoms with Crippen molar-refractivity contribution >= 4 is 0 Å². The van der Waals surface area contributed by atoms with Crippen molar-refractivity contribution in [2.24, 2.45) is 0 Å². The highest BCUT2D eigenvalue weighted by Crippen LogP contribution is 2.30. The van der Waals surface area contributed by atoms with E-state index in [0.29, 0.717) is 24.8 Å². The minimum Gasteiger partial charge on any atom is -0.389 e. The van der Waals surface area contributed by atoms with E-state index in [4.69, 9.17) is 4.52 Å². The van der Waals surface area contributed by atoms with Gasteiger partial charge in [-0.25, -0.2) is 0 Å². The van der Waals surface area contributed by atoms with Crippen molar-refractivity contribution in [1.82, 2.24) is 15.0 Å². The summed E-state index contributed by atoms with van der Waals surface area (Å²) in [5.41, 5.74) is 0.383. The van der Waals surface area contributed by atoms with Crippen LogP contribution >= 0.6 is 0 Å². The van der Waals surface area contributed by atoms with Gasteiger partial charge >= 0.3 is 0 Å². The van der Waals surface area contributed by atoms with Gasteiger partial charge in [0.2, 0.25) is 0 Å². The third kappa shape index (κ3) is 3.49. The van der Waals surface area contributed by atoms with Gasteiger partial charge in [-0.1, -0.05) is 36.2 Å². The largest absolute Gasteiger partial charge is 0.389 e. The predicted octanol–water partition coefficient (Wildman–Crippen LogP) is 2.47. The normalized spacial score (nSPS) is 17.5. The van der Waals surface area contributed by atoms with E-state index in [0.717, 1.165) is 31.2 Å². The highest BCUT2D eigenvalue weighted by atomic mass is 16.5. The van der Waals surface area contributed by atoms with Crippen LogP contribution in [0, 0.1) is 0 Å². The zero-order valence-electron chi connectivity index (χ0n) is 12.3. The van der Waals surface area contributed by atoms with E-state index in [1.165, 1.54) is 0 Å². The Hall–Kier alpha value is -1.72. The van der Waals surface area contributed by atoms with E-state index in [-0.39, 0.29) is 0 Å². The van der Waals surface area contributed by atoms with Crippen molar-refractivity contribution in [3.63, 3.8) is 0 Å². The first kappa shape index (κ1) is 14.2. The lowest BCUT2D eigenvalue weighted by atomic mass is 10.0. The van der Waals surface area contributed by atoms with Gasteiger partial charge in [-0.15, -0.1) is 0 Å². The molecule has 0 spiro atoms. The maximum Gasteiger partial charge on any atom is 0.257 e. The molecule has 0 bridgehead atoms. The number of nitrogens with zero attached hydrogens (tertiary/aromatic N) is 3. The summed E-state index contributed by atoms with van der Waals surface area (Å²) in [6.07, 6.45) is 4.01. The Kier molecular flexibility index (Phi) is 4.03. The van der Waals surface area contributed by atoms with Crippen LogP contribution in [0.3, 0.4) is 0 Å². The molecule has 3 rings (SSSR count). The van der Waals surface area contributed by atoms with Crippen molar-refractivity contribution in [3.05, 3.63) is 36.2 Å². The zero-order valence-corrected chi connectivity index (χ0v) is 12.3. The van der Waals surface area contributed by atoms with Crippen molar-refractivity contribution in [2.75, 3.05) is 13.6 Å². The highest BCUT2D eigenvalue weighted by molar-refractivity contribution is 5.51. The van der Waals surface area contributed by atoms with Crippen LogP contribution in [0.1, 0.15) is 31.5 Å². The van der Waals surface area contributed by atoms with E-state index in [9.17, 15) is 5.11 Å². The fourth-order valence-corrected chi connectivity index (χ4v) is 3.01. The second kappa shape index (κ2) is 5.95. The summed E-state index contributed by atoms with van der Waals surface area (Å²) in [6.45, 7) is 1.24. The number of likely N-dealkylation sites (N-methyl/N-ethyl adjacent to an activating group) is 1. The molecule has 2 aromatic rings. The number of aromatic nitrogens is 2. The predicted molar refractivity (Wildman–Crippen MR) is 79.5 cm³/mol. The molecule has 1 aromatic carbocycles. The Labute approximate surface area is 124 Å². The van der Waals surface area contributed by atoms with Gasteiger partial charge in [0.25, 0.3) is 5.89 Å². The number of hydrogen-bond donors (Lipinski definition) is 1. The van der Waals surface area contributed by atoms with Crippen LogP contribution < -0.4 is 0 Å². The standard InChI is InChI=1S/C16H21N3O2/c1-19(12-16(20)9-5-6-10-16)11-14-17-15(21-18-14)13-7-3-2-4-8-13/h2-4,7-8,20H,5-6,9-12H2,1H3. The van der Waals surface area contributed by atoms with Gasteiger partial charge in [0.05, 0.1) is 12.1 Å². The smallest absolute Gasteiger partial charge is 0.257 e. The second-order valence-electron chi connectivity index (χ2n) is 5.99. The first-order valence-corrected chi connectivity index (χ1v) is 7.44. The minimum absolute atomic E-state index is 0.540. The molecule has 0 aliphatic heterocycles. The molecule has 0 saturated heterocycles. The van der Waals surface area contributed by atoms with E-state index in [2.05, 4.69) is 15.0 Å². The summed E-state index contributed by atoms with van der Waals surface area (Å²) in [5.74, 6) is 1.19. The molecule has 0 amide bonds. The SMILES string of the molecule is CN(Cc1noc(-c2ccccc2)n1)CC1(O)CCCC1. The lowest BCUT2D eigenvalue weighted by molar-refractivity contribution is 0.0138. The maximum atomic E-state index is 10.4. The minimum atomic E-state index is -0.541. The average molecular weight is 287 g/mol. The quantitative estimate of drug-likeness (QED) is 0.915. The van der Waals surface area contributed by atoms with Gasteiger partial charge in [0.15, 0.2) is 5.82 Å². The summed E-state index contributed by atoms with van der Waals surface area (Å²) in [7, 11) is 1.98. The molecule has 0 radical (unpaired) electrons. The Balaban J connectivity index is 1.62. The van der Waals surface area contributed by atoms with Crippen molar-refractivity contribution in [2.45, 2.75) is 37.8 Å². The molecule has 21 heavy (non-hydrogen) atoms. The van der Waals surface area contributed by atoms with Crippen molar-refractivity contribution < 1.29 is 9.63 Å². The lowest BCUT2D eigenvalue weighted by Gasteiger charge is -2.27. The summed E-state index contributed by atoms with van der Waals surface area (Å²) >= 11 is 0. The molecule has 0 unspecified atom stereocenters. The Morgan fingerprint density at radius 2 is 1.95 bits per heavy atom. The molecule has 112 valence electrons. The van der Waals surface area contributed by atoms with E-state index < -0.39 is 5.60 Å². The third-order valence-corrected chi connectivity index (χ3v) is 4.00. The molecule has 1 N–H and O–H groups in total. The van der Waals surface area contributed by atoms with Crippen LogP contribution in [0.2, 0.25) is 0 Å². The Morgan fingerprint density at radius 3 is 2.67 bits per heavy atom. The molecule has 5 nitrogen and oxygen atoms in total. The fraction of sp³-hybridized carbons (Fsp3) is 0.500. The molecule has 1 heterocycles. The van der Waals surface area contributed by atoms with Gasteiger partial charge in [-0.2, -0.15) is 4.98 Å². The van der Waals surface area contributed by atoms with E-state index in [1.54, 1.807) is 0 Å². The summed E-state index contributed by atoms with van der Waals surface area (Å²) in [6, 6.07) is 9.74. The molecular formula is C16H21N3O2. The molecular weight excluding hydrogens is 266 g/mol. The molecule has 1 saturated carbocycles. The number of benzene rings is 1. The van der Waals surface area contributed by atoms with Crippen LogP contribution in [0.25, 0.3) is 11.5 Å². The van der Waals surface area contributed by atoms with Crippen molar-refractivity contribution in [3.8, 4) is 11.5 Å². The summed E-state index contributed by atoms with van der Waals surface area (Å²) < 4.78 is 5.30. The van der Waals surface area contributed by atoms with Gasteiger partial charge in [-0.05, 0) is 32.0 Å². The fourth-order valence-electron chi connectivity index (χ4n) is 3.01. The van der Waals surface area contributed by atoms with Gasteiger partial charge in [-0.3, -0.25) is 4.90 Å². The molecule has 1 aliphatic rings. The second-order valence-corrected chi connectivity index (χ2v) is 5.99. The van der Waals surface area contributed by atoms with E-state index >= 15 is 0 Å². The van der Waals surface area contributed by atoms with Crippen LogP contribution in [-0.2, 0) is 6.54 Å². The molecule has 1 aliphatic carbocycles. The Morgan fingerprint density at radius 1 is 1.24 bits per heavy atom. The van der Waals surface area contributed by atoms with Crippen LogP contribution in [-0.4, -0.2) is 39.3 Å². The topological polar surface area (TPSA) is 62.4 Å². The van der Waals surface area contributed by atoms with Gasteiger partial charge < -0.3 is 9.63 Å². The number of rotatable bonds is 5. The Bertz CT molecular complexity index is 576. The first-order chi connectivity index (χ1) is 10.1.